The maximum atomic E-state index is 13.0. The highest BCUT2D eigenvalue weighted by atomic mass is 32.2. The smallest absolute Gasteiger partial charge is 0.234 e. The minimum absolute atomic E-state index is 0.129. The lowest BCUT2D eigenvalue weighted by Crippen LogP contribution is -2.14. The molecule has 0 aliphatic heterocycles. The van der Waals surface area contributed by atoms with Gasteiger partial charge >= 0.3 is 0 Å². The van der Waals surface area contributed by atoms with Crippen molar-refractivity contribution >= 4 is 46.7 Å². The summed E-state index contributed by atoms with van der Waals surface area (Å²) in [7, 11) is 0. The Morgan fingerprint density at radius 1 is 0.541 bits per heavy atom. The molecule has 0 heterocycles. The third kappa shape index (κ3) is 8.77. The number of halogens is 2. The Bertz CT molecular complexity index is 1220. The molecule has 0 saturated carbocycles. The Morgan fingerprint density at radius 3 is 1.24 bits per heavy atom. The van der Waals surface area contributed by atoms with Crippen molar-refractivity contribution in [3.05, 3.63) is 120 Å². The summed E-state index contributed by atoms with van der Waals surface area (Å²) in [5.41, 5.74) is 3.60. The summed E-state index contributed by atoms with van der Waals surface area (Å²) in [6.07, 6.45) is 0.712. The number of amides is 2. The molecule has 0 radical (unpaired) electrons. The van der Waals surface area contributed by atoms with Crippen molar-refractivity contribution in [1.82, 2.24) is 0 Å². The Hall–Kier alpha value is -3.62. The number of carbonyl (C=O) groups excluding carboxylic acids is 2. The first-order chi connectivity index (χ1) is 17.9. The fourth-order valence-electron chi connectivity index (χ4n) is 3.40. The van der Waals surface area contributed by atoms with Gasteiger partial charge < -0.3 is 10.6 Å². The molecule has 0 aromatic heterocycles. The zero-order chi connectivity index (χ0) is 26.0. The van der Waals surface area contributed by atoms with Gasteiger partial charge in [0.05, 0.1) is 11.5 Å². The molecule has 4 rings (SSSR count). The number of benzene rings is 4. The number of anilines is 2. The van der Waals surface area contributed by atoms with Crippen LogP contribution in [0.15, 0.2) is 107 Å². The SMILES string of the molecule is O=C(CSc1ccc(F)cc1)Nc1ccc(Cc2ccc(NC(=O)CSc3ccc(F)cc3)cc2)cc1. The van der Waals surface area contributed by atoms with Gasteiger partial charge in [-0.3, -0.25) is 9.59 Å². The van der Waals surface area contributed by atoms with Gasteiger partial charge in [-0.2, -0.15) is 0 Å². The minimum atomic E-state index is -0.300. The van der Waals surface area contributed by atoms with E-state index >= 15 is 0 Å². The van der Waals surface area contributed by atoms with Crippen molar-refractivity contribution < 1.29 is 18.4 Å². The maximum Gasteiger partial charge on any atom is 0.234 e. The highest BCUT2D eigenvalue weighted by Crippen LogP contribution is 2.21. The van der Waals surface area contributed by atoms with Crippen LogP contribution in [0.2, 0.25) is 0 Å². The van der Waals surface area contributed by atoms with E-state index in [4.69, 9.17) is 0 Å². The van der Waals surface area contributed by atoms with E-state index in [1.807, 2.05) is 48.5 Å². The Labute approximate surface area is 222 Å². The average molecular weight is 535 g/mol. The minimum Gasteiger partial charge on any atom is -0.325 e. The van der Waals surface area contributed by atoms with E-state index in [-0.39, 0.29) is 35.0 Å². The summed E-state index contributed by atoms with van der Waals surface area (Å²) < 4.78 is 26.0. The molecular weight excluding hydrogens is 510 g/mol. The molecule has 4 aromatic rings. The van der Waals surface area contributed by atoms with E-state index in [9.17, 15) is 18.4 Å². The largest absolute Gasteiger partial charge is 0.325 e. The van der Waals surface area contributed by atoms with Crippen LogP contribution < -0.4 is 10.6 Å². The number of rotatable bonds is 10. The molecule has 2 N–H and O–H groups in total. The molecule has 4 aromatic carbocycles. The Kier molecular flexibility index (Phi) is 9.35. The van der Waals surface area contributed by atoms with Crippen LogP contribution in [0.5, 0.6) is 0 Å². The Balaban J connectivity index is 1.21. The second-order valence-corrected chi connectivity index (χ2v) is 10.2. The van der Waals surface area contributed by atoms with Gasteiger partial charge in [0.25, 0.3) is 0 Å². The average Bonchev–Trinajstić information content (AvgIpc) is 2.90. The van der Waals surface area contributed by atoms with Crippen LogP contribution >= 0.6 is 23.5 Å². The van der Waals surface area contributed by atoms with Gasteiger partial charge in [-0.05, 0) is 90.3 Å². The van der Waals surface area contributed by atoms with Gasteiger partial charge in [-0.15, -0.1) is 23.5 Å². The summed E-state index contributed by atoms with van der Waals surface area (Å²) in [5.74, 6) is -0.384. The third-order valence-electron chi connectivity index (χ3n) is 5.25. The number of hydrogen-bond donors (Lipinski definition) is 2. The predicted molar refractivity (Wildman–Crippen MR) is 147 cm³/mol. The highest BCUT2D eigenvalue weighted by molar-refractivity contribution is 8.00. The van der Waals surface area contributed by atoms with Crippen LogP contribution in [-0.2, 0) is 16.0 Å². The number of hydrogen-bond acceptors (Lipinski definition) is 4. The Morgan fingerprint density at radius 2 is 0.892 bits per heavy atom. The van der Waals surface area contributed by atoms with Gasteiger partial charge in [-0.25, -0.2) is 8.78 Å². The molecule has 0 bridgehead atoms. The van der Waals surface area contributed by atoms with Gasteiger partial charge in [0, 0.05) is 21.2 Å². The molecule has 0 unspecified atom stereocenters. The van der Waals surface area contributed by atoms with E-state index in [1.165, 1.54) is 47.8 Å². The molecule has 0 fully saturated rings. The van der Waals surface area contributed by atoms with Crippen LogP contribution in [0, 0.1) is 11.6 Å². The van der Waals surface area contributed by atoms with Crippen LogP contribution in [0.3, 0.4) is 0 Å². The molecule has 2 amide bonds. The molecule has 0 aliphatic carbocycles. The van der Waals surface area contributed by atoms with Crippen LogP contribution in [0.1, 0.15) is 11.1 Å². The van der Waals surface area contributed by atoms with Gasteiger partial charge in [-0.1, -0.05) is 24.3 Å². The second kappa shape index (κ2) is 13.1. The molecule has 0 spiro atoms. The van der Waals surface area contributed by atoms with Crippen LogP contribution in [-0.4, -0.2) is 23.3 Å². The summed E-state index contributed by atoms with van der Waals surface area (Å²) in [6, 6.07) is 27.4. The van der Waals surface area contributed by atoms with Gasteiger partial charge in [0.1, 0.15) is 11.6 Å². The van der Waals surface area contributed by atoms with E-state index in [1.54, 1.807) is 24.3 Å². The van der Waals surface area contributed by atoms with Crippen molar-refractivity contribution in [1.29, 1.82) is 0 Å². The van der Waals surface area contributed by atoms with Crippen LogP contribution in [0.25, 0.3) is 0 Å². The normalized spacial score (nSPS) is 10.6. The van der Waals surface area contributed by atoms with Crippen molar-refractivity contribution in [2.75, 3.05) is 22.1 Å². The molecule has 0 saturated heterocycles. The monoisotopic (exact) mass is 534 g/mol. The zero-order valence-electron chi connectivity index (χ0n) is 19.7. The van der Waals surface area contributed by atoms with Gasteiger partial charge in [0.2, 0.25) is 11.8 Å². The maximum absolute atomic E-state index is 13.0. The summed E-state index contributed by atoms with van der Waals surface area (Å²) in [5, 5.41) is 5.74. The van der Waals surface area contributed by atoms with E-state index < -0.39 is 0 Å². The van der Waals surface area contributed by atoms with Crippen molar-refractivity contribution in [3.8, 4) is 0 Å². The summed E-state index contributed by atoms with van der Waals surface area (Å²) in [6.45, 7) is 0. The van der Waals surface area contributed by atoms with E-state index in [2.05, 4.69) is 10.6 Å². The van der Waals surface area contributed by atoms with Crippen LogP contribution in [0.4, 0.5) is 20.2 Å². The highest BCUT2D eigenvalue weighted by Gasteiger charge is 2.07. The second-order valence-electron chi connectivity index (χ2n) is 8.15. The fraction of sp³-hybridized carbons (Fsp3) is 0.103. The van der Waals surface area contributed by atoms with Crippen molar-refractivity contribution in [2.45, 2.75) is 16.2 Å². The summed E-state index contributed by atoms with van der Waals surface area (Å²) in [4.78, 5) is 26.1. The quantitative estimate of drug-likeness (QED) is 0.215. The lowest BCUT2D eigenvalue weighted by Gasteiger charge is -2.08. The first-order valence-corrected chi connectivity index (χ1v) is 13.4. The molecule has 188 valence electrons. The first kappa shape index (κ1) is 26.4. The number of nitrogens with one attached hydrogen (secondary N) is 2. The molecular formula is C29H24F2N2O2S2. The van der Waals surface area contributed by atoms with Gasteiger partial charge in [0.15, 0.2) is 0 Å². The van der Waals surface area contributed by atoms with E-state index in [0.29, 0.717) is 17.8 Å². The van der Waals surface area contributed by atoms with Crippen molar-refractivity contribution in [3.63, 3.8) is 0 Å². The predicted octanol–water partition coefficient (Wildman–Crippen LogP) is 7.02. The topological polar surface area (TPSA) is 58.2 Å². The first-order valence-electron chi connectivity index (χ1n) is 11.5. The molecule has 37 heavy (non-hydrogen) atoms. The molecule has 4 nitrogen and oxygen atoms in total. The fourth-order valence-corrected chi connectivity index (χ4v) is 4.80. The number of carbonyl (C=O) groups is 2. The lowest BCUT2D eigenvalue weighted by molar-refractivity contribution is -0.114. The number of thioether (sulfide) groups is 2. The zero-order valence-corrected chi connectivity index (χ0v) is 21.4. The van der Waals surface area contributed by atoms with Crippen molar-refractivity contribution in [2.24, 2.45) is 0 Å². The molecule has 0 atom stereocenters. The van der Waals surface area contributed by atoms with E-state index in [0.717, 1.165) is 20.9 Å². The lowest BCUT2D eigenvalue weighted by atomic mass is 10.0. The molecule has 0 aliphatic rings. The third-order valence-corrected chi connectivity index (χ3v) is 7.27. The standard InChI is InChI=1S/C29H24F2N2O2S2/c30-22-5-13-26(14-6-22)36-18-28(34)32-24-9-1-20(2-10-24)17-21-3-11-25(12-4-21)33-29(35)19-37-27-15-7-23(31)8-16-27/h1-16H,17-19H2,(H,32,34)(H,33,35). The summed E-state index contributed by atoms with van der Waals surface area (Å²) >= 11 is 2.70. The molecule has 8 heteroatoms.